The molecule has 1 N–H and O–H groups in total. The number of alkyl halides is 1. The van der Waals surface area contributed by atoms with Crippen molar-refractivity contribution in [2.24, 2.45) is 0 Å². The molecule has 5 nitrogen and oxygen atoms in total. The monoisotopic (exact) mass is 427 g/mol. The molecule has 1 aliphatic carbocycles. The van der Waals surface area contributed by atoms with Gasteiger partial charge in [-0.2, -0.15) is 0 Å². The van der Waals surface area contributed by atoms with Gasteiger partial charge < -0.3 is 14.8 Å². The zero-order chi connectivity index (χ0) is 22.4. The molecule has 1 atom stereocenters. The lowest BCUT2D eigenvalue weighted by Gasteiger charge is -2.27. The molecule has 2 aromatic carbocycles. The first kappa shape index (κ1) is 22.2. The van der Waals surface area contributed by atoms with E-state index in [4.69, 9.17) is 9.47 Å². The Labute approximate surface area is 179 Å². The summed E-state index contributed by atoms with van der Waals surface area (Å²) in [5, 5.41) is 2.40. The van der Waals surface area contributed by atoms with Gasteiger partial charge in [-0.1, -0.05) is 42.5 Å². The molecule has 2 aromatic rings. The summed E-state index contributed by atoms with van der Waals surface area (Å²) in [6.07, 6.45) is 1.75. The number of rotatable bonds is 7. The van der Waals surface area contributed by atoms with E-state index in [1.807, 2.05) is 6.07 Å². The number of ether oxygens (including phenoxy) is 2. The molecule has 0 bridgehead atoms. The number of hydrogen-bond donors (Lipinski definition) is 1. The summed E-state index contributed by atoms with van der Waals surface area (Å²) in [7, 11) is 0. The smallest absolute Gasteiger partial charge is 0.344 e. The van der Waals surface area contributed by atoms with Gasteiger partial charge in [-0.05, 0) is 43.2 Å². The second kappa shape index (κ2) is 9.55. The number of esters is 1. The zero-order valence-electron chi connectivity index (χ0n) is 17.2. The number of anilines is 1. The van der Waals surface area contributed by atoms with Crippen molar-refractivity contribution in [3.63, 3.8) is 0 Å². The Hall–Kier alpha value is -3.48. The summed E-state index contributed by atoms with van der Waals surface area (Å²) in [5.74, 6) is -2.55. The van der Waals surface area contributed by atoms with Crippen molar-refractivity contribution in [1.29, 1.82) is 0 Å². The number of benzene rings is 2. The maximum absolute atomic E-state index is 15.5. The van der Waals surface area contributed by atoms with Crippen LogP contribution in [0, 0.1) is 0 Å². The number of allylic oxidation sites excluding steroid dienone is 3. The van der Waals surface area contributed by atoms with Crippen LogP contribution in [0.5, 0.6) is 5.75 Å². The number of nitrogens with one attached hydrogen (secondary N) is 1. The Kier molecular flexibility index (Phi) is 6.84. The SMILES string of the molecule is CC(C)OC(=O)COc1cccc(NC(=O)C2(F)CC(c3ccccc3)=CC=C2F)c1. The van der Waals surface area contributed by atoms with Gasteiger partial charge in [0.15, 0.2) is 6.61 Å². The summed E-state index contributed by atoms with van der Waals surface area (Å²) in [4.78, 5) is 24.3. The molecule has 0 saturated heterocycles. The fourth-order valence-corrected chi connectivity index (χ4v) is 3.08. The van der Waals surface area contributed by atoms with Gasteiger partial charge in [0.2, 0.25) is 5.67 Å². The molecule has 1 amide bonds. The maximum Gasteiger partial charge on any atom is 0.344 e. The highest BCUT2D eigenvalue weighted by molar-refractivity contribution is 6.01. The number of hydrogen-bond acceptors (Lipinski definition) is 4. The van der Waals surface area contributed by atoms with E-state index < -0.39 is 29.8 Å². The molecule has 0 fully saturated rings. The van der Waals surface area contributed by atoms with Crippen molar-refractivity contribution < 1.29 is 27.8 Å². The highest BCUT2D eigenvalue weighted by Crippen LogP contribution is 2.39. The van der Waals surface area contributed by atoms with Gasteiger partial charge in [-0.15, -0.1) is 0 Å². The van der Waals surface area contributed by atoms with Crippen LogP contribution in [-0.4, -0.2) is 30.3 Å². The third kappa shape index (κ3) is 5.57. The largest absolute Gasteiger partial charge is 0.482 e. The molecule has 0 aliphatic heterocycles. The average Bonchev–Trinajstić information content (AvgIpc) is 2.74. The van der Waals surface area contributed by atoms with Gasteiger partial charge in [-0.25, -0.2) is 13.6 Å². The zero-order valence-corrected chi connectivity index (χ0v) is 17.2. The summed E-state index contributed by atoms with van der Waals surface area (Å²) in [6.45, 7) is 3.13. The van der Waals surface area contributed by atoms with Gasteiger partial charge in [0, 0.05) is 18.2 Å². The summed E-state index contributed by atoms with van der Waals surface area (Å²) >= 11 is 0. The van der Waals surface area contributed by atoms with Gasteiger partial charge in [0.05, 0.1) is 6.10 Å². The number of carbonyl (C=O) groups is 2. The van der Waals surface area contributed by atoms with E-state index in [1.165, 1.54) is 18.2 Å². The molecule has 0 saturated carbocycles. The second-order valence-corrected chi connectivity index (χ2v) is 7.36. The van der Waals surface area contributed by atoms with Crippen LogP contribution in [0.2, 0.25) is 0 Å². The van der Waals surface area contributed by atoms with E-state index >= 15 is 4.39 Å². The molecule has 1 aliphatic rings. The fourth-order valence-electron chi connectivity index (χ4n) is 3.08. The van der Waals surface area contributed by atoms with Crippen LogP contribution in [0.1, 0.15) is 25.8 Å². The van der Waals surface area contributed by atoms with Gasteiger partial charge in [-0.3, -0.25) is 4.79 Å². The molecule has 7 heteroatoms. The highest BCUT2D eigenvalue weighted by Gasteiger charge is 2.45. The van der Waals surface area contributed by atoms with E-state index in [2.05, 4.69) is 5.32 Å². The van der Waals surface area contributed by atoms with E-state index in [-0.39, 0.29) is 24.1 Å². The lowest BCUT2D eigenvalue weighted by molar-refractivity contribution is -0.149. The minimum Gasteiger partial charge on any atom is -0.482 e. The lowest BCUT2D eigenvalue weighted by Crippen LogP contribution is -2.40. The summed E-state index contributed by atoms with van der Waals surface area (Å²) in [5.41, 5.74) is -1.40. The molecular formula is C24H23F2NO4. The first-order valence-electron chi connectivity index (χ1n) is 9.83. The van der Waals surface area contributed by atoms with Crippen molar-refractivity contribution in [3.05, 3.63) is 78.1 Å². The van der Waals surface area contributed by atoms with Crippen LogP contribution in [0.3, 0.4) is 0 Å². The molecule has 0 spiro atoms. The minimum absolute atomic E-state index is 0.209. The average molecular weight is 427 g/mol. The van der Waals surface area contributed by atoms with Crippen LogP contribution < -0.4 is 10.1 Å². The van der Waals surface area contributed by atoms with E-state index in [9.17, 15) is 14.0 Å². The molecule has 162 valence electrons. The number of halogens is 2. The molecule has 0 radical (unpaired) electrons. The quantitative estimate of drug-likeness (QED) is 0.632. The van der Waals surface area contributed by atoms with Gasteiger partial charge in [0.1, 0.15) is 11.6 Å². The Morgan fingerprint density at radius 1 is 1.10 bits per heavy atom. The molecular weight excluding hydrogens is 404 g/mol. The normalized spacial score (nSPS) is 18.1. The van der Waals surface area contributed by atoms with E-state index in [1.54, 1.807) is 50.2 Å². The van der Waals surface area contributed by atoms with Crippen LogP contribution in [0.4, 0.5) is 14.5 Å². The van der Waals surface area contributed by atoms with Crippen LogP contribution in [0.25, 0.3) is 5.57 Å². The molecule has 1 unspecified atom stereocenters. The molecule has 3 rings (SSSR count). The van der Waals surface area contributed by atoms with Crippen molar-refractivity contribution >= 4 is 23.1 Å². The van der Waals surface area contributed by atoms with Crippen molar-refractivity contribution in [1.82, 2.24) is 0 Å². The van der Waals surface area contributed by atoms with Gasteiger partial charge in [0.25, 0.3) is 5.91 Å². The van der Waals surface area contributed by atoms with Gasteiger partial charge >= 0.3 is 5.97 Å². The standard InChI is InChI=1S/C24H23F2NO4/c1-16(2)31-22(28)15-30-20-10-6-9-19(13-20)27-23(29)24(26)14-18(11-12-21(24)25)17-7-4-3-5-8-17/h3-13,16H,14-15H2,1-2H3,(H,27,29). The molecule has 0 aromatic heterocycles. The Balaban J connectivity index is 1.69. The maximum atomic E-state index is 15.5. The summed E-state index contributed by atoms with van der Waals surface area (Å²) in [6, 6.07) is 15.0. The molecule has 31 heavy (non-hydrogen) atoms. The topological polar surface area (TPSA) is 64.6 Å². The van der Waals surface area contributed by atoms with Crippen LogP contribution in [-0.2, 0) is 14.3 Å². The van der Waals surface area contributed by atoms with E-state index in [0.29, 0.717) is 11.1 Å². The highest BCUT2D eigenvalue weighted by atomic mass is 19.2. The number of amides is 1. The molecule has 0 heterocycles. The van der Waals surface area contributed by atoms with E-state index in [0.717, 1.165) is 6.08 Å². The summed E-state index contributed by atoms with van der Waals surface area (Å²) < 4.78 is 40.2. The predicted molar refractivity (Wildman–Crippen MR) is 114 cm³/mol. The lowest BCUT2D eigenvalue weighted by atomic mass is 9.86. The third-order valence-electron chi connectivity index (χ3n) is 4.56. The van der Waals surface area contributed by atoms with Crippen molar-refractivity contribution in [2.75, 3.05) is 11.9 Å². The first-order chi connectivity index (χ1) is 14.8. The first-order valence-corrected chi connectivity index (χ1v) is 9.83. The van der Waals surface area contributed by atoms with Crippen LogP contribution in [0.15, 0.2) is 72.6 Å². The Morgan fingerprint density at radius 3 is 2.55 bits per heavy atom. The fraction of sp³-hybridized carbons (Fsp3) is 0.250. The Morgan fingerprint density at radius 2 is 1.84 bits per heavy atom. The van der Waals surface area contributed by atoms with Crippen molar-refractivity contribution in [2.45, 2.75) is 32.0 Å². The second-order valence-electron chi connectivity index (χ2n) is 7.36. The number of carbonyl (C=O) groups excluding carboxylic acids is 2. The van der Waals surface area contributed by atoms with Crippen molar-refractivity contribution in [3.8, 4) is 5.75 Å². The minimum atomic E-state index is -2.84. The van der Waals surface area contributed by atoms with Crippen LogP contribution >= 0.6 is 0 Å². The third-order valence-corrected chi connectivity index (χ3v) is 4.56. The predicted octanol–water partition coefficient (Wildman–Crippen LogP) is 5.00. The Bertz CT molecular complexity index is 1020.